The van der Waals surface area contributed by atoms with Crippen molar-refractivity contribution in [3.8, 4) is 0 Å². The smallest absolute Gasteiger partial charge is 0.236 e. The van der Waals surface area contributed by atoms with Gasteiger partial charge in [0.2, 0.25) is 3.79 Å². The van der Waals surface area contributed by atoms with Crippen LogP contribution in [0.2, 0.25) is 0 Å². The summed E-state index contributed by atoms with van der Waals surface area (Å²) in [6.07, 6.45) is 3.25. The monoisotopic (exact) mass is 254 g/mol. The van der Waals surface area contributed by atoms with Gasteiger partial charge in [0.15, 0.2) is 0 Å². The summed E-state index contributed by atoms with van der Waals surface area (Å²) >= 11 is 1.53. The van der Waals surface area contributed by atoms with Gasteiger partial charge in [-0.25, -0.2) is 0 Å². The summed E-state index contributed by atoms with van der Waals surface area (Å²) in [5.41, 5.74) is 0. The molecule has 0 aliphatic rings. The summed E-state index contributed by atoms with van der Waals surface area (Å²) in [4.78, 5) is 0. The summed E-state index contributed by atoms with van der Waals surface area (Å²) in [6.45, 7) is 0.0839. The Balaban J connectivity index is 2.57. The van der Waals surface area contributed by atoms with E-state index < -0.39 is 3.79 Å². The Morgan fingerprint density at radius 1 is 1.60 bits per heavy atom. The second-order valence-electron chi connectivity index (χ2n) is 1.92. The van der Waals surface area contributed by atoms with Gasteiger partial charge in [-0.2, -0.15) is 5.10 Å². The first-order chi connectivity index (χ1) is 4.58. The molecule has 0 amide bonds. The van der Waals surface area contributed by atoms with Crippen molar-refractivity contribution in [2.45, 2.75) is 10.3 Å². The molecule has 4 nitrogen and oxygen atoms in total. The Labute approximate surface area is 71.6 Å². The van der Waals surface area contributed by atoms with Crippen molar-refractivity contribution in [3.63, 3.8) is 0 Å². The van der Waals surface area contributed by atoms with Crippen molar-refractivity contribution in [2.75, 3.05) is 0 Å². The van der Waals surface area contributed by atoms with Crippen molar-refractivity contribution < 1.29 is 10.2 Å². The van der Waals surface area contributed by atoms with E-state index in [4.69, 9.17) is 10.2 Å². The highest BCUT2D eigenvalue weighted by molar-refractivity contribution is 14.1. The summed E-state index contributed by atoms with van der Waals surface area (Å²) < 4.78 is -0.254. The Morgan fingerprint density at radius 3 is 2.70 bits per heavy atom. The Morgan fingerprint density at radius 2 is 2.30 bits per heavy atom. The molecule has 0 atom stereocenters. The third-order valence-electron chi connectivity index (χ3n) is 0.922. The number of aromatic nitrogens is 2. The van der Waals surface area contributed by atoms with E-state index in [9.17, 15) is 0 Å². The lowest BCUT2D eigenvalue weighted by Crippen LogP contribution is -2.25. The molecule has 2 N–H and O–H groups in total. The predicted octanol–water partition coefficient (Wildman–Crippen LogP) is -0.0435. The molecule has 1 aromatic heterocycles. The highest BCUT2D eigenvalue weighted by atomic mass is 127. The van der Waals surface area contributed by atoms with Gasteiger partial charge in [-0.1, -0.05) is 0 Å². The molecule has 1 rings (SSSR count). The molecule has 1 aromatic rings. The normalized spacial score (nSPS) is 11.9. The predicted molar refractivity (Wildman–Crippen MR) is 43.4 cm³/mol. The van der Waals surface area contributed by atoms with Crippen molar-refractivity contribution in [3.05, 3.63) is 18.5 Å². The minimum absolute atomic E-state index is 0.0839. The average Bonchev–Trinajstić information content (AvgIpc) is 2.12. The van der Waals surface area contributed by atoms with Crippen LogP contribution in [0.4, 0.5) is 0 Å². The summed E-state index contributed by atoms with van der Waals surface area (Å²) in [5.74, 6) is 0. The van der Waals surface area contributed by atoms with Crippen LogP contribution in [0.25, 0.3) is 0 Å². The first-order valence-corrected chi connectivity index (χ1v) is 3.77. The Kier molecular flexibility index (Phi) is 2.27. The quantitative estimate of drug-likeness (QED) is 0.442. The lowest BCUT2D eigenvalue weighted by molar-refractivity contribution is -0.0715. The van der Waals surface area contributed by atoms with Crippen molar-refractivity contribution in [1.29, 1.82) is 0 Å². The fourth-order valence-electron chi connectivity index (χ4n) is 0.600. The number of hydrogen-bond acceptors (Lipinski definition) is 3. The van der Waals surface area contributed by atoms with Crippen LogP contribution in [0.15, 0.2) is 18.5 Å². The zero-order chi connectivity index (χ0) is 7.61. The standard InChI is InChI=1S/C5H7IN2O2/c6-5(9,10)4-8-3-1-2-7-8/h1-3,9-10H,4H2. The number of hydrogen-bond donors (Lipinski definition) is 2. The fraction of sp³-hybridized carbons (Fsp3) is 0.400. The second-order valence-corrected chi connectivity index (χ2v) is 3.65. The van der Waals surface area contributed by atoms with Crippen molar-refractivity contribution in [2.24, 2.45) is 0 Å². The van der Waals surface area contributed by atoms with Crippen LogP contribution in [0.3, 0.4) is 0 Å². The summed E-state index contributed by atoms with van der Waals surface area (Å²) in [5, 5.41) is 21.5. The highest BCUT2D eigenvalue weighted by Crippen LogP contribution is 2.11. The van der Waals surface area contributed by atoms with Gasteiger partial charge in [-0.05, 0) is 28.7 Å². The van der Waals surface area contributed by atoms with Gasteiger partial charge in [0.05, 0.1) is 0 Å². The third kappa shape index (κ3) is 2.63. The van der Waals surface area contributed by atoms with E-state index in [0.29, 0.717) is 0 Å². The molecule has 0 aliphatic carbocycles. The molecular formula is C5H7IN2O2. The maximum atomic E-state index is 8.87. The molecule has 0 bridgehead atoms. The summed E-state index contributed by atoms with van der Waals surface area (Å²) in [6, 6.07) is 1.72. The second kappa shape index (κ2) is 2.85. The van der Waals surface area contributed by atoms with Crippen LogP contribution in [-0.4, -0.2) is 23.8 Å². The van der Waals surface area contributed by atoms with Gasteiger partial charge in [0, 0.05) is 12.4 Å². The maximum Gasteiger partial charge on any atom is 0.236 e. The van der Waals surface area contributed by atoms with E-state index in [0.717, 1.165) is 0 Å². The van der Waals surface area contributed by atoms with E-state index in [1.54, 1.807) is 18.5 Å². The first kappa shape index (κ1) is 7.96. The fourth-order valence-corrected chi connectivity index (χ4v) is 0.950. The molecule has 5 heteroatoms. The van der Waals surface area contributed by atoms with Crippen molar-refractivity contribution in [1.82, 2.24) is 9.78 Å². The van der Waals surface area contributed by atoms with Gasteiger partial charge < -0.3 is 10.2 Å². The average molecular weight is 254 g/mol. The van der Waals surface area contributed by atoms with Gasteiger partial charge >= 0.3 is 0 Å². The van der Waals surface area contributed by atoms with E-state index in [1.807, 2.05) is 0 Å². The molecule has 0 unspecified atom stereocenters. The molecule has 0 radical (unpaired) electrons. The molecular weight excluding hydrogens is 247 g/mol. The maximum absolute atomic E-state index is 8.87. The molecule has 0 aliphatic heterocycles. The number of alkyl halides is 1. The number of aliphatic hydroxyl groups is 2. The van der Waals surface area contributed by atoms with Crippen molar-refractivity contribution >= 4 is 22.6 Å². The van der Waals surface area contributed by atoms with E-state index in [1.165, 1.54) is 27.3 Å². The number of halogens is 1. The molecule has 0 fully saturated rings. The van der Waals surface area contributed by atoms with Gasteiger partial charge in [-0.3, -0.25) is 4.68 Å². The largest absolute Gasteiger partial charge is 0.356 e. The Bertz CT molecular complexity index is 192. The zero-order valence-electron chi connectivity index (χ0n) is 5.11. The third-order valence-corrected chi connectivity index (χ3v) is 1.26. The SMILES string of the molecule is OC(O)(I)Cn1cccn1. The first-order valence-electron chi connectivity index (χ1n) is 2.69. The molecule has 0 saturated carbocycles. The molecule has 0 spiro atoms. The van der Waals surface area contributed by atoms with E-state index in [2.05, 4.69) is 5.10 Å². The molecule has 56 valence electrons. The molecule has 10 heavy (non-hydrogen) atoms. The van der Waals surface area contributed by atoms with Gasteiger partial charge in [0.1, 0.15) is 6.54 Å². The van der Waals surface area contributed by atoms with Crippen LogP contribution < -0.4 is 0 Å². The summed E-state index contributed by atoms with van der Waals surface area (Å²) in [7, 11) is 0. The van der Waals surface area contributed by atoms with E-state index in [-0.39, 0.29) is 6.54 Å². The minimum Gasteiger partial charge on any atom is -0.356 e. The lowest BCUT2D eigenvalue weighted by atomic mass is 10.6. The van der Waals surface area contributed by atoms with Crippen LogP contribution in [-0.2, 0) is 6.54 Å². The number of rotatable bonds is 2. The number of nitrogens with zero attached hydrogens (tertiary/aromatic N) is 2. The lowest BCUT2D eigenvalue weighted by Gasteiger charge is -2.12. The molecule has 0 aromatic carbocycles. The van der Waals surface area contributed by atoms with Crippen LogP contribution in [0.5, 0.6) is 0 Å². The van der Waals surface area contributed by atoms with Crippen LogP contribution in [0, 0.1) is 0 Å². The topological polar surface area (TPSA) is 58.3 Å². The Hall–Kier alpha value is -0.140. The molecule has 0 saturated heterocycles. The minimum atomic E-state index is -1.70. The van der Waals surface area contributed by atoms with Crippen LogP contribution >= 0.6 is 22.6 Å². The van der Waals surface area contributed by atoms with E-state index >= 15 is 0 Å². The van der Waals surface area contributed by atoms with Gasteiger partial charge in [0.25, 0.3) is 0 Å². The molecule has 1 heterocycles. The van der Waals surface area contributed by atoms with Crippen LogP contribution in [0.1, 0.15) is 0 Å². The zero-order valence-corrected chi connectivity index (χ0v) is 7.26. The highest BCUT2D eigenvalue weighted by Gasteiger charge is 2.17. The van der Waals surface area contributed by atoms with Gasteiger partial charge in [-0.15, -0.1) is 0 Å².